The summed E-state index contributed by atoms with van der Waals surface area (Å²) in [4.78, 5) is 14.7. The van der Waals surface area contributed by atoms with Gasteiger partial charge in [-0.15, -0.1) is 0 Å². The molecule has 1 fully saturated rings. The summed E-state index contributed by atoms with van der Waals surface area (Å²) < 4.78 is 40.0. The molecular weight excluding hydrogens is 377 g/mol. The van der Waals surface area contributed by atoms with E-state index >= 15 is 0 Å². The molecule has 29 heavy (non-hydrogen) atoms. The minimum absolute atomic E-state index is 0.150. The van der Waals surface area contributed by atoms with E-state index in [-0.39, 0.29) is 11.8 Å². The highest BCUT2D eigenvalue weighted by Gasteiger charge is 2.36. The average molecular weight is 398 g/mol. The summed E-state index contributed by atoms with van der Waals surface area (Å²) >= 11 is 0. The third-order valence-electron chi connectivity index (χ3n) is 5.58. The predicted octanol–water partition coefficient (Wildman–Crippen LogP) is 5.43. The number of nitrogens with one attached hydrogen (secondary N) is 1. The largest absolute Gasteiger partial charge is 0.416 e. The number of fused-ring (bicyclic) bond motifs is 1. The monoisotopic (exact) mass is 398 g/mol. The molecule has 0 bridgehead atoms. The van der Waals surface area contributed by atoms with Crippen LogP contribution in [-0.2, 0) is 11.0 Å². The number of carbonyl (C=O) groups is 1. The molecule has 1 saturated heterocycles. The molecule has 4 rings (SSSR count). The first-order valence-corrected chi connectivity index (χ1v) is 9.57. The second-order valence-electron chi connectivity index (χ2n) is 7.41. The van der Waals surface area contributed by atoms with E-state index in [9.17, 15) is 18.0 Å². The van der Waals surface area contributed by atoms with Crippen LogP contribution in [0.2, 0.25) is 0 Å². The Balaban J connectivity index is 1.46. The predicted molar refractivity (Wildman–Crippen MR) is 107 cm³/mol. The molecule has 1 N–H and O–H groups in total. The van der Waals surface area contributed by atoms with Gasteiger partial charge in [0.1, 0.15) is 5.70 Å². The maximum absolute atomic E-state index is 13.3. The third-order valence-corrected chi connectivity index (χ3v) is 5.58. The van der Waals surface area contributed by atoms with Crippen molar-refractivity contribution in [2.45, 2.75) is 24.9 Å². The van der Waals surface area contributed by atoms with Gasteiger partial charge in [-0.3, -0.25) is 4.79 Å². The van der Waals surface area contributed by atoms with Gasteiger partial charge in [-0.05, 0) is 48.1 Å². The molecule has 0 radical (unpaired) electrons. The van der Waals surface area contributed by atoms with Gasteiger partial charge in [-0.2, -0.15) is 13.2 Å². The Morgan fingerprint density at radius 2 is 1.69 bits per heavy atom. The molecular formula is C23H21F3N2O. The minimum atomic E-state index is -4.37. The fourth-order valence-electron chi connectivity index (χ4n) is 4.10. The first-order valence-electron chi connectivity index (χ1n) is 9.57. The lowest BCUT2D eigenvalue weighted by molar-refractivity contribution is -0.138. The van der Waals surface area contributed by atoms with Gasteiger partial charge in [0.2, 0.25) is 0 Å². The first-order chi connectivity index (χ1) is 13.8. The molecule has 0 spiro atoms. The highest BCUT2D eigenvalue weighted by Crippen LogP contribution is 2.39. The summed E-state index contributed by atoms with van der Waals surface area (Å²) in [5, 5.41) is 3.16. The van der Waals surface area contributed by atoms with E-state index in [1.807, 2.05) is 24.3 Å². The number of benzene rings is 2. The molecule has 3 nitrogen and oxygen atoms in total. The minimum Gasteiger partial charge on any atom is -0.351 e. The summed E-state index contributed by atoms with van der Waals surface area (Å²) in [5.41, 5.74) is 2.74. The van der Waals surface area contributed by atoms with Crippen molar-refractivity contribution < 1.29 is 18.0 Å². The SMILES string of the molecule is C=C1C=C(C(=O)N2CCC(c3ccccc3C(F)(F)F)CC2)Nc2ccccc21. The Kier molecular flexibility index (Phi) is 4.94. The van der Waals surface area contributed by atoms with E-state index in [1.165, 1.54) is 6.07 Å². The van der Waals surface area contributed by atoms with Gasteiger partial charge in [-0.1, -0.05) is 43.0 Å². The van der Waals surface area contributed by atoms with Crippen molar-refractivity contribution in [1.29, 1.82) is 0 Å². The van der Waals surface area contributed by atoms with Gasteiger partial charge in [0.15, 0.2) is 0 Å². The summed E-state index contributed by atoms with van der Waals surface area (Å²) in [6, 6.07) is 13.4. The molecule has 1 amide bonds. The molecule has 0 unspecified atom stereocenters. The van der Waals surface area contributed by atoms with E-state index < -0.39 is 11.7 Å². The topological polar surface area (TPSA) is 32.3 Å². The van der Waals surface area contributed by atoms with Gasteiger partial charge in [0.25, 0.3) is 5.91 Å². The van der Waals surface area contributed by atoms with Crippen molar-refractivity contribution in [2.24, 2.45) is 0 Å². The number of para-hydroxylation sites is 1. The van der Waals surface area contributed by atoms with Crippen LogP contribution < -0.4 is 5.32 Å². The Bertz CT molecular complexity index is 986. The molecule has 2 aromatic carbocycles. The molecule has 0 aromatic heterocycles. The lowest BCUT2D eigenvalue weighted by Gasteiger charge is -2.34. The van der Waals surface area contributed by atoms with Crippen molar-refractivity contribution in [3.8, 4) is 0 Å². The highest BCUT2D eigenvalue weighted by molar-refractivity contribution is 6.02. The number of hydrogen-bond donors (Lipinski definition) is 1. The molecule has 6 heteroatoms. The first kappa shape index (κ1) is 19.3. The number of allylic oxidation sites excluding steroid dienone is 2. The molecule has 2 aliphatic heterocycles. The Morgan fingerprint density at radius 3 is 2.41 bits per heavy atom. The van der Waals surface area contributed by atoms with E-state index in [0.29, 0.717) is 37.2 Å². The lowest BCUT2D eigenvalue weighted by Crippen LogP contribution is -2.40. The zero-order chi connectivity index (χ0) is 20.6. The number of hydrogen-bond acceptors (Lipinski definition) is 2. The van der Waals surface area contributed by atoms with E-state index in [4.69, 9.17) is 0 Å². The molecule has 0 atom stereocenters. The van der Waals surface area contributed by atoms with Crippen LogP contribution in [0.25, 0.3) is 5.57 Å². The fraction of sp³-hybridized carbons (Fsp3) is 0.261. The van der Waals surface area contributed by atoms with Crippen LogP contribution in [-0.4, -0.2) is 23.9 Å². The number of likely N-dealkylation sites (tertiary alicyclic amines) is 1. The van der Waals surface area contributed by atoms with Gasteiger partial charge in [0, 0.05) is 24.3 Å². The van der Waals surface area contributed by atoms with Gasteiger partial charge in [-0.25, -0.2) is 0 Å². The number of carbonyl (C=O) groups excluding carboxylic acids is 1. The molecule has 2 aliphatic rings. The van der Waals surface area contributed by atoms with E-state index in [2.05, 4.69) is 11.9 Å². The van der Waals surface area contributed by atoms with Crippen molar-refractivity contribution in [3.63, 3.8) is 0 Å². The van der Waals surface area contributed by atoms with Crippen LogP contribution in [0.15, 0.2) is 66.9 Å². The molecule has 0 aliphatic carbocycles. The number of alkyl halides is 3. The average Bonchev–Trinajstić information content (AvgIpc) is 2.73. The van der Waals surface area contributed by atoms with Crippen LogP contribution in [0, 0.1) is 0 Å². The van der Waals surface area contributed by atoms with Crippen molar-refractivity contribution in [2.75, 3.05) is 18.4 Å². The quantitative estimate of drug-likeness (QED) is 0.731. The van der Waals surface area contributed by atoms with Gasteiger partial charge >= 0.3 is 6.18 Å². The van der Waals surface area contributed by atoms with Gasteiger partial charge in [0.05, 0.1) is 5.56 Å². The number of rotatable bonds is 2. The third kappa shape index (κ3) is 3.79. The van der Waals surface area contributed by atoms with Crippen LogP contribution in [0.5, 0.6) is 0 Å². The van der Waals surface area contributed by atoms with Crippen molar-refractivity contribution in [3.05, 3.63) is 83.6 Å². The Labute approximate surface area is 167 Å². The maximum Gasteiger partial charge on any atom is 0.416 e. The molecule has 2 aromatic rings. The second kappa shape index (κ2) is 7.43. The van der Waals surface area contributed by atoms with E-state index in [0.717, 1.165) is 22.9 Å². The fourth-order valence-corrected chi connectivity index (χ4v) is 4.10. The van der Waals surface area contributed by atoms with Crippen molar-refractivity contribution >= 4 is 17.2 Å². The lowest BCUT2D eigenvalue weighted by atomic mass is 9.86. The molecule has 150 valence electrons. The number of halogens is 3. The standard InChI is InChI=1S/C23H21F3N2O/c1-15-14-21(27-20-9-5-3-6-17(15)20)22(29)28-12-10-16(11-13-28)18-7-2-4-8-19(18)23(24,25)26/h2-9,14,16,27H,1,10-13H2. The number of anilines is 1. The van der Waals surface area contributed by atoms with E-state index in [1.54, 1.807) is 23.1 Å². The van der Waals surface area contributed by atoms with Gasteiger partial charge < -0.3 is 10.2 Å². The van der Waals surface area contributed by atoms with Crippen LogP contribution in [0.1, 0.15) is 35.4 Å². The highest BCUT2D eigenvalue weighted by atomic mass is 19.4. The Morgan fingerprint density at radius 1 is 1.03 bits per heavy atom. The number of amides is 1. The summed E-state index contributed by atoms with van der Waals surface area (Å²) in [6.07, 6.45) is -1.63. The number of nitrogens with zero attached hydrogens (tertiary/aromatic N) is 1. The maximum atomic E-state index is 13.3. The van der Waals surface area contributed by atoms with Crippen LogP contribution >= 0.6 is 0 Å². The van der Waals surface area contributed by atoms with Crippen LogP contribution in [0.3, 0.4) is 0 Å². The van der Waals surface area contributed by atoms with Crippen LogP contribution in [0.4, 0.5) is 18.9 Å². The summed E-state index contributed by atoms with van der Waals surface area (Å²) in [5.74, 6) is -0.357. The zero-order valence-corrected chi connectivity index (χ0v) is 15.8. The van der Waals surface area contributed by atoms with Crippen molar-refractivity contribution in [1.82, 2.24) is 4.90 Å². The smallest absolute Gasteiger partial charge is 0.351 e. The zero-order valence-electron chi connectivity index (χ0n) is 15.8. The number of piperidine rings is 1. The Hall–Kier alpha value is -3.02. The second-order valence-corrected chi connectivity index (χ2v) is 7.41. The molecule has 2 heterocycles. The summed E-state index contributed by atoms with van der Waals surface area (Å²) in [6.45, 7) is 4.86. The molecule has 0 saturated carbocycles. The normalized spacial score (nSPS) is 17.4. The summed E-state index contributed by atoms with van der Waals surface area (Å²) in [7, 11) is 0.